The maximum atomic E-state index is 12.7. The van der Waals surface area contributed by atoms with Crippen molar-refractivity contribution in [1.29, 1.82) is 0 Å². The van der Waals surface area contributed by atoms with E-state index < -0.39 is 10.0 Å². The first-order chi connectivity index (χ1) is 11.5. The molecule has 1 aromatic heterocycles. The lowest BCUT2D eigenvalue weighted by molar-refractivity contribution is -0.137. The van der Waals surface area contributed by atoms with Gasteiger partial charge in [0.05, 0.1) is 42.0 Å². The molecule has 1 aliphatic heterocycles. The third-order valence-corrected chi connectivity index (χ3v) is 6.34. The summed E-state index contributed by atoms with van der Waals surface area (Å²) in [5.74, 6) is -0.217. The summed E-state index contributed by atoms with van der Waals surface area (Å²) in [5, 5.41) is 0.538. The predicted octanol–water partition coefficient (Wildman–Crippen LogP) is 0.849. The van der Waals surface area contributed by atoms with E-state index in [9.17, 15) is 13.2 Å². The van der Waals surface area contributed by atoms with Crippen LogP contribution in [0.3, 0.4) is 0 Å². The fraction of sp³-hybridized carbons (Fsp3) is 0.429. The molecule has 1 fully saturated rings. The molecule has 1 saturated heterocycles. The minimum absolute atomic E-state index is 0.134. The van der Waals surface area contributed by atoms with Crippen LogP contribution in [0, 0.1) is 0 Å². The number of hydrogen-bond donors (Lipinski definition) is 1. The second kappa shape index (κ2) is 7.09. The van der Waals surface area contributed by atoms with E-state index in [1.807, 2.05) is 0 Å². The Morgan fingerprint density at radius 3 is 2.88 bits per heavy atom. The number of aromatic nitrogens is 2. The van der Waals surface area contributed by atoms with Crippen molar-refractivity contribution in [2.45, 2.75) is 10.1 Å². The number of rotatable bonds is 5. The molecule has 0 spiro atoms. The maximum absolute atomic E-state index is 12.7. The number of thioether (sulfide) groups is 1. The lowest BCUT2D eigenvalue weighted by Crippen LogP contribution is -2.40. The summed E-state index contributed by atoms with van der Waals surface area (Å²) < 4.78 is 36.5. The largest absolute Gasteiger partial charge is 0.468 e. The van der Waals surface area contributed by atoms with E-state index in [0.29, 0.717) is 42.5 Å². The number of aromatic amines is 1. The van der Waals surface area contributed by atoms with Crippen molar-refractivity contribution < 1.29 is 22.7 Å². The average molecular weight is 371 g/mol. The molecule has 2 aromatic rings. The molecule has 0 saturated carbocycles. The predicted molar refractivity (Wildman–Crippen MR) is 88.4 cm³/mol. The van der Waals surface area contributed by atoms with Gasteiger partial charge >= 0.3 is 5.97 Å². The number of nitrogens with zero attached hydrogens (tertiary/aromatic N) is 2. The van der Waals surface area contributed by atoms with Crippen molar-refractivity contribution in [1.82, 2.24) is 14.3 Å². The number of carbonyl (C=O) groups excluding carboxylic acids is 1. The summed E-state index contributed by atoms with van der Waals surface area (Å²) in [6.45, 7) is 1.51. The number of fused-ring (bicyclic) bond motifs is 1. The van der Waals surface area contributed by atoms with E-state index in [4.69, 9.17) is 4.74 Å². The Bertz CT molecular complexity index is 843. The zero-order chi connectivity index (χ0) is 17.2. The summed E-state index contributed by atoms with van der Waals surface area (Å²) in [7, 11) is -2.23. The van der Waals surface area contributed by atoms with Gasteiger partial charge in [-0.25, -0.2) is 13.4 Å². The number of carbonyl (C=O) groups is 1. The van der Waals surface area contributed by atoms with Crippen molar-refractivity contribution in [2.24, 2.45) is 0 Å². The highest BCUT2D eigenvalue weighted by atomic mass is 32.2. The number of esters is 1. The number of benzene rings is 1. The summed E-state index contributed by atoms with van der Waals surface area (Å²) >= 11 is 1.20. The molecule has 0 bridgehead atoms. The fourth-order valence-electron chi connectivity index (χ4n) is 2.32. The third-order valence-electron chi connectivity index (χ3n) is 3.59. The van der Waals surface area contributed by atoms with Crippen LogP contribution in [0.5, 0.6) is 0 Å². The zero-order valence-corrected chi connectivity index (χ0v) is 14.7. The van der Waals surface area contributed by atoms with Gasteiger partial charge in [0.25, 0.3) is 0 Å². The molecule has 10 heteroatoms. The highest BCUT2D eigenvalue weighted by Gasteiger charge is 2.26. The Balaban J connectivity index is 1.84. The number of imidazole rings is 1. The molecule has 8 nitrogen and oxygen atoms in total. The smallest absolute Gasteiger partial charge is 0.316 e. The van der Waals surface area contributed by atoms with Crippen LogP contribution in [0.4, 0.5) is 0 Å². The highest BCUT2D eigenvalue weighted by Crippen LogP contribution is 2.24. The lowest BCUT2D eigenvalue weighted by Gasteiger charge is -2.25. The molecule has 1 N–H and O–H groups in total. The monoisotopic (exact) mass is 371 g/mol. The Morgan fingerprint density at radius 2 is 2.17 bits per heavy atom. The van der Waals surface area contributed by atoms with Crippen molar-refractivity contribution in [3.05, 3.63) is 18.2 Å². The normalized spacial score (nSPS) is 16.4. The Hall–Kier alpha value is -1.62. The second-order valence-corrected chi connectivity index (χ2v) is 8.00. The Morgan fingerprint density at radius 1 is 1.42 bits per heavy atom. The van der Waals surface area contributed by atoms with Gasteiger partial charge in [-0.15, -0.1) is 0 Å². The van der Waals surface area contributed by atoms with Crippen LogP contribution in [0.25, 0.3) is 11.0 Å². The van der Waals surface area contributed by atoms with Crippen LogP contribution >= 0.6 is 11.8 Å². The van der Waals surface area contributed by atoms with Crippen LogP contribution in [0.1, 0.15) is 0 Å². The van der Waals surface area contributed by atoms with Crippen molar-refractivity contribution in [3.8, 4) is 0 Å². The second-order valence-electron chi connectivity index (χ2n) is 5.10. The summed E-state index contributed by atoms with van der Waals surface area (Å²) in [6, 6.07) is 4.76. The molecule has 0 radical (unpaired) electrons. The van der Waals surface area contributed by atoms with Crippen LogP contribution in [0.2, 0.25) is 0 Å². The minimum Gasteiger partial charge on any atom is -0.468 e. The molecule has 1 aliphatic rings. The SMILES string of the molecule is COC(=O)CSc1nc2ccc(S(=O)(=O)N3CCOCC3)cc2[nH]1. The standard InChI is InChI=1S/C14H17N3O5S2/c1-21-13(18)9-23-14-15-11-3-2-10(8-12(11)16-14)24(19,20)17-4-6-22-7-5-17/h2-3,8H,4-7,9H2,1H3,(H,15,16). The first-order valence-electron chi connectivity index (χ1n) is 7.28. The maximum Gasteiger partial charge on any atom is 0.316 e. The van der Waals surface area contributed by atoms with Gasteiger partial charge in [-0.2, -0.15) is 4.31 Å². The van der Waals surface area contributed by atoms with Gasteiger partial charge < -0.3 is 14.5 Å². The molecule has 0 atom stereocenters. The highest BCUT2D eigenvalue weighted by molar-refractivity contribution is 7.99. The van der Waals surface area contributed by atoms with Crippen molar-refractivity contribution >= 4 is 38.8 Å². The number of nitrogens with one attached hydrogen (secondary N) is 1. The zero-order valence-electron chi connectivity index (χ0n) is 13.0. The lowest BCUT2D eigenvalue weighted by atomic mass is 10.3. The molecular weight excluding hydrogens is 354 g/mol. The van der Waals surface area contributed by atoms with Gasteiger partial charge in [-0.05, 0) is 18.2 Å². The number of hydrogen-bond acceptors (Lipinski definition) is 7. The van der Waals surface area contributed by atoms with E-state index in [1.54, 1.807) is 18.2 Å². The van der Waals surface area contributed by atoms with Gasteiger partial charge in [-0.1, -0.05) is 11.8 Å². The van der Waals surface area contributed by atoms with Crippen LogP contribution in [0.15, 0.2) is 28.3 Å². The van der Waals surface area contributed by atoms with Gasteiger partial charge in [-0.3, -0.25) is 4.79 Å². The van der Waals surface area contributed by atoms with E-state index in [0.717, 1.165) is 0 Å². The van der Waals surface area contributed by atoms with E-state index in [-0.39, 0.29) is 16.6 Å². The number of sulfonamides is 1. The molecule has 24 heavy (non-hydrogen) atoms. The van der Waals surface area contributed by atoms with Crippen LogP contribution < -0.4 is 0 Å². The molecule has 130 valence electrons. The Labute approximate surface area is 143 Å². The van der Waals surface area contributed by atoms with Crippen LogP contribution in [-0.2, 0) is 24.3 Å². The van der Waals surface area contributed by atoms with E-state index in [1.165, 1.54) is 23.2 Å². The number of H-pyrrole nitrogens is 1. The number of morpholine rings is 1. The molecule has 2 heterocycles. The third kappa shape index (κ3) is 3.56. The molecular formula is C14H17N3O5S2. The number of ether oxygens (including phenoxy) is 2. The van der Waals surface area contributed by atoms with Gasteiger partial charge in [0.2, 0.25) is 10.0 Å². The Kier molecular flexibility index (Phi) is 5.09. The summed E-state index contributed by atoms with van der Waals surface area (Å²) in [6.07, 6.45) is 0. The minimum atomic E-state index is -3.55. The first kappa shape index (κ1) is 17.2. The summed E-state index contributed by atoms with van der Waals surface area (Å²) in [4.78, 5) is 18.7. The van der Waals surface area contributed by atoms with E-state index >= 15 is 0 Å². The van der Waals surface area contributed by atoms with Crippen LogP contribution in [-0.4, -0.2) is 67.8 Å². The number of methoxy groups -OCH3 is 1. The average Bonchev–Trinajstić information content (AvgIpc) is 3.02. The summed E-state index contributed by atoms with van der Waals surface area (Å²) in [5.41, 5.74) is 1.25. The molecule has 1 aromatic carbocycles. The first-order valence-corrected chi connectivity index (χ1v) is 9.70. The van der Waals surface area contributed by atoms with Crippen molar-refractivity contribution in [2.75, 3.05) is 39.2 Å². The van der Waals surface area contributed by atoms with Crippen molar-refractivity contribution in [3.63, 3.8) is 0 Å². The van der Waals surface area contributed by atoms with Gasteiger partial charge in [0, 0.05) is 13.1 Å². The quantitative estimate of drug-likeness (QED) is 0.614. The molecule has 3 rings (SSSR count). The topological polar surface area (TPSA) is 102 Å². The molecule has 0 unspecified atom stereocenters. The van der Waals surface area contributed by atoms with Gasteiger partial charge in [0.1, 0.15) is 0 Å². The molecule has 0 aliphatic carbocycles. The fourth-order valence-corrected chi connectivity index (χ4v) is 4.47. The van der Waals surface area contributed by atoms with E-state index in [2.05, 4.69) is 14.7 Å². The van der Waals surface area contributed by atoms with Gasteiger partial charge in [0.15, 0.2) is 5.16 Å². The molecule has 0 amide bonds.